The van der Waals surface area contributed by atoms with Crippen molar-refractivity contribution >= 4 is 23.2 Å². The largest absolute Gasteiger partial charge is 0.471 e. The SMILES string of the molecule is CCn1nccc1C(=O)Nc1cccc(NC(=O)c2ccn(COc3ccc(-c4ccccc4)cc3)n2)c1. The number of amides is 2. The normalized spacial score (nSPS) is 10.7. The molecule has 3 aromatic carbocycles. The van der Waals surface area contributed by atoms with Crippen molar-refractivity contribution in [3.8, 4) is 16.9 Å². The lowest BCUT2D eigenvalue weighted by molar-refractivity contribution is 0.101. The maximum Gasteiger partial charge on any atom is 0.276 e. The number of benzene rings is 3. The van der Waals surface area contributed by atoms with Gasteiger partial charge in [-0.05, 0) is 60.5 Å². The number of ether oxygens (including phenoxy) is 1. The highest BCUT2D eigenvalue weighted by atomic mass is 16.5. The van der Waals surface area contributed by atoms with E-state index in [0.29, 0.717) is 29.4 Å². The average Bonchev–Trinajstić information content (AvgIpc) is 3.63. The van der Waals surface area contributed by atoms with Crippen LogP contribution < -0.4 is 15.4 Å². The van der Waals surface area contributed by atoms with E-state index in [0.717, 1.165) is 11.1 Å². The molecule has 0 aliphatic carbocycles. The Morgan fingerprint density at radius 3 is 2.26 bits per heavy atom. The molecule has 190 valence electrons. The van der Waals surface area contributed by atoms with Gasteiger partial charge in [0.2, 0.25) is 0 Å². The molecule has 0 aliphatic rings. The zero-order chi connectivity index (χ0) is 26.3. The van der Waals surface area contributed by atoms with Crippen LogP contribution in [0.3, 0.4) is 0 Å². The molecule has 0 atom stereocenters. The summed E-state index contributed by atoms with van der Waals surface area (Å²) in [5.41, 5.74) is 4.02. The Kier molecular flexibility index (Phi) is 7.26. The van der Waals surface area contributed by atoms with Gasteiger partial charge in [0.25, 0.3) is 11.8 Å². The smallest absolute Gasteiger partial charge is 0.276 e. The monoisotopic (exact) mass is 506 g/mol. The minimum absolute atomic E-state index is 0.161. The summed E-state index contributed by atoms with van der Waals surface area (Å²) in [7, 11) is 0. The first-order chi connectivity index (χ1) is 18.6. The molecule has 0 radical (unpaired) electrons. The second-order valence-electron chi connectivity index (χ2n) is 8.43. The summed E-state index contributed by atoms with van der Waals surface area (Å²) in [5.74, 6) is 0.0526. The van der Waals surface area contributed by atoms with Crippen LogP contribution in [0.1, 0.15) is 27.9 Å². The summed E-state index contributed by atoms with van der Waals surface area (Å²) >= 11 is 0. The molecule has 5 rings (SSSR count). The quantitative estimate of drug-likeness (QED) is 0.282. The van der Waals surface area contributed by atoms with Crippen LogP contribution in [0, 0.1) is 0 Å². The summed E-state index contributed by atoms with van der Waals surface area (Å²) in [6, 6.07) is 28.1. The number of rotatable bonds is 9. The molecule has 0 fully saturated rings. The van der Waals surface area contributed by atoms with E-state index in [1.54, 1.807) is 58.2 Å². The highest BCUT2D eigenvalue weighted by Crippen LogP contribution is 2.22. The molecule has 2 heterocycles. The Morgan fingerprint density at radius 2 is 1.53 bits per heavy atom. The summed E-state index contributed by atoms with van der Waals surface area (Å²) < 4.78 is 8.98. The highest BCUT2D eigenvalue weighted by molar-refractivity contribution is 6.05. The molecule has 0 bridgehead atoms. The number of hydrogen-bond donors (Lipinski definition) is 2. The van der Waals surface area contributed by atoms with Crippen molar-refractivity contribution < 1.29 is 14.3 Å². The fraction of sp³-hybridized carbons (Fsp3) is 0.103. The molecular formula is C29H26N6O3. The van der Waals surface area contributed by atoms with E-state index in [-0.39, 0.29) is 24.2 Å². The lowest BCUT2D eigenvalue weighted by Crippen LogP contribution is -2.18. The minimum Gasteiger partial charge on any atom is -0.471 e. The lowest BCUT2D eigenvalue weighted by Gasteiger charge is -2.09. The topological polar surface area (TPSA) is 103 Å². The predicted molar refractivity (Wildman–Crippen MR) is 145 cm³/mol. The van der Waals surface area contributed by atoms with Gasteiger partial charge in [-0.15, -0.1) is 0 Å². The fourth-order valence-electron chi connectivity index (χ4n) is 3.91. The first kappa shape index (κ1) is 24.5. The average molecular weight is 507 g/mol. The number of hydrogen-bond acceptors (Lipinski definition) is 5. The van der Waals surface area contributed by atoms with Crippen LogP contribution in [0.2, 0.25) is 0 Å². The molecule has 2 N–H and O–H groups in total. The second kappa shape index (κ2) is 11.3. The lowest BCUT2D eigenvalue weighted by atomic mass is 10.1. The maximum absolute atomic E-state index is 12.8. The van der Waals surface area contributed by atoms with Gasteiger partial charge in [-0.2, -0.15) is 10.2 Å². The molecule has 0 aliphatic heterocycles. The third-order valence-electron chi connectivity index (χ3n) is 5.83. The molecule has 0 saturated heterocycles. The predicted octanol–water partition coefficient (Wildman–Crippen LogP) is 5.31. The standard InChI is InChI=1S/C29H26N6O3/c1-2-35-27(15-17-30-35)29(37)32-24-10-6-9-23(19-24)31-28(36)26-16-18-34(33-26)20-38-25-13-11-22(12-14-25)21-7-4-3-5-8-21/h3-19H,2,20H2,1H3,(H,31,36)(H,32,37). The van der Waals surface area contributed by atoms with Gasteiger partial charge < -0.3 is 15.4 Å². The first-order valence-electron chi connectivity index (χ1n) is 12.2. The van der Waals surface area contributed by atoms with Crippen molar-refractivity contribution in [3.63, 3.8) is 0 Å². The van der Waals surface area contributed by atoms with Crippen LogP contribution >= 0.6 is 0 Å². The number of nitrogens with zero attached hydrogens (tertiary/aromatic N) is 4. The van der Waals surface area contributed by atoms with Crippen LogP contribution in [0.5, 0.6) is 5.75 Å². The molecule has 9 nitrogen and oxygen atoms in total. The Bertz CT molecular complexity index is 1540. The highest BCUT2D eigenvalue weighted by Gasteiger charge is 2.13. The zero-order valence-electron chi connectivity index (χ0n) is 20.7. The molecule has 5 aromatic rings. The summed E-state index contributed by atoms with van der Waals surface area (Å²) in [6.07, 6.45) is 3.27. The number of nitrogens with one attached hydrogen (secondary N) is 2. The summed E-state index contributed by atoms with van der Waals surface area (Å²) in [4.78, 5) is 25.3. The summed E-state index contributed by atoms with van der Waals surface area (Å²) in [5, 5.41) is 14.1. The number of aryl methyl sites for hydroxylation is 1. The van der Waals surface area contributed by atoms with Gasteiger partial charge in [-0.3, -0.25) is 14.3 Å². The van der Waals surface area contributed by atoms with Gasteiger partial charge in [0, 0.05) is 30.3 Å². The molecule has 0 unspecified atom stereocenters. The van der Waals surface area contributed by atoms with E-state index in [1.165, 1.54) is 0 Å². The van der Waals surface area contributed by atoms with Gasteiger partial charge in [-0.25, -0.2) is 4.68 Å². The van der Waals surface area contributed by atoms with Crippen molar-refractivity contribution in [1.82, 2.24) is 19.6 Å². The third-order valence-corrected chi connectivity index (χ3v) is 5.83. The number of aromatic nitrogens is 4. The van der Waals surface area contributed by atoms with Crippen molar-refractivity contribution in [2.45, 2.75) is 20.2 Å². The van der Waals surface area contributed by atoms with Crippen molar-refractivity contribution in [1.29, 1.82) is 0 Å². The molecule has 38 heavy (non-hydrogen) atoms. The van der Waals surface area contributed by atoms with Gasteiger partial charge in [-0.1, -0.05) is 48.5 Å². The molecular weight excluding hydrogens is 480 g/mol. The third kappa shape index (κ3) is 5.79. The fourth-order valence-corrected chi connectivity index (χ4v) is 3.91. The molecule has 0 spiro atoms. The van der Waals surface area contributed by atoms with Crippen molar-refractivity contribution in [2.75, 3.05) is 10.6 Å². The van der Waals surface area contributed by atoms with Crippen molar-refractivity contribution in [2.24, 2.45) is 0 Å². The number of anilines is 2. The van der Waals surface area contributed by atoms with Gasteiger partial charge >= 0.3 is 0 Å². The Balaban J connectivity index is 1.16. The van der Waals surface area contributed by atoms with Crippen molar-refractivity contribution in [3.05, 3.63) is 115 Å². The molecule has 2 aromatic heterocycles. The Morgan fingerprint density at radius 1 is 0.816 bits per heavy atom. The van der Waals surface area contributed by atoms with Crippen LogP contribution in [0.4, 0.5) is 11.4 Å². The Labute approximate surface area is 219 Å². The van der Waals surface area contributed by atoms with E-state index in [1.807, 2.05) is 49.4 Å². The van der Waals surface area contributed by atoms with Crippen LogP contribution in [0.15, 0.2) is 103 Å². The second-order valence-corrected chi connectivity index (χ2v) is 8.43. The Hall–Kier alpha value is -5.18. The van der Waals surface area contributed by atoms with Crippen LogP contribution in [0.25, 0.3) is 11.1 Å². The maximum atomic E-state index is 12.8. The van der Waals surface area contributed by atoms with E-state index >= 15 is 0 Å². The van der Waals surface area contributed by atoms with Gasteiger partial charge in [0.1, 0.15) is 11.4 Å². The van der Waals surface area contributed by atoms with Gasteiger partial charge in [0.05, 0.1) is 0 Å². The molecule has 9 heteroatoms. The van der Waals surface area contributed by atoms with Gasteiger partial charge in [0.15, 0.2) is 12.4 Å². The van der Waals surface area contributed by atoms with Crippen LogP contribution in [-0.2, 0) is 13.3 Å². The van der Waals surface area contributed by atoms with E-state index < -0.39 is 0 Å². The number of carbonyl (C=O) groups excluding carboxylic acids is 2. The van der Waals surface area contributed by atoms with Crippen LogP contribution in [-0.4, -0.2) is 31.4 Å². The number of carbonyl (C=O) groups is 2. The molecule has 2 amide bonds. The molecule has 0 saturated carbocycles. The zero-order valence-corrected chi connectivity index (χ0v) is 20.7. The summed E-state index contributed by atoms with van der Waals surface area (Å²) in [6.45, 7) is 2.66. The van der Waals surface area contributed by atoms with E-state index in [4.69, 9.17) is 4.74 Å². The van der Waals surface area contributed by atoms with E-state index in [2.05, 4.69) is 33.0 Å². The first-order valence-corrected chi connectivity index (χ1v) is 12.2. The minimum atomic E-state index is -0.372. The van der Waals surface area contributed by atoms with E-state index in [9.17, 15) is 9.59 Å².